The van der Waals surface area contributed by atoms with Gasteiger partial charge in [-0.2, -0.15) is 0 Å². The molecule has 4 rings (SSSR count). The number of aryl methyl sites for hydroxylation is 1. The van der Waals surface area contributed by atoms with E-state index in [0.717, 1.165) is 55.3 Å². The van der Waals surface area contributed by atoms with Crippen molar-refractivity contribution in [1.82, 2.24) is 14.9 Å². The Balaban J connectivity index is 1.64. The lowest BCUT2D eigenvalue weighted by atomic mass is 9.89. The number of aromatic nitrogens is 2. The summed E-state index contributed by atoms with van der Waals surface area (Å²) in [4.78, 5) is 28.0. The molecule has 0 spiro atoms. The summed E-state index contributed by atoms with van der Waals surface area (Å²) in [5.41, 5.74) is 1.42. The van der Waals surface area contributed by atoms with Crippen LogP contribution in [0.3, 0.4) is 0 Å². The molecular weight excluding hydrogens is 320 g/mol. The summed E-state index contributed by atoms with van der Waals surface area (Å²) >= 11 is 1.81. The maximum atomic E-state index is 12.5. The molecule has 24 heavy (non-hydrogen) atoms. The number of hydrogen-bond donors (Lipinski definition) is 0. The number of amides is 1. The van der Waals surface area contributed by atoms with Gasteiger partial charge in [0.2, 0.25) is 5.91 Å². The number of carbonyl (C=O) groups is 1. The van der Waals surface area contributed by atoms with E-state index < -0.39 is 0 Å². The molecule has 2 aromatic rings. The summed E-state index contributed by atoms with van der Waals surface area (Å²) in [7, 11) is 1.98. The zero-order valence-electron chi connectivity index (χ0n) is 14.4. The third kappa shape index (κ3) is 2.77. The van der Waals surface area contributed by atoms with E-state index in [1.54, 1.807) is 17.7 Å². The number of likely N-dealkylation sites (tertiary alicyclic amines) is 1. The van der Waals surface area contributed by atoms with Gasteiger partial charge < -0.3 is 9.80 Å². The standard InChI is InChI=1S/C18H24N4OS/c1-12-5-6-13-14(9-12)24-18-16(13)17(19-11-20-18)21(2)10-15(23)22-7-3-4-8-22/h11-12H,3-10H2,1-2H3. The number of thiophene rings is 1. The van der Waals surface area contributed by atoms with Gasteiger partial charge in [0, 0.05) is 25.0 Å². The predicted molar refractivity (Wildman–Crippen MR) is 97.7 cm³/mol. The van der Waals surface area contributed by atoms with E-state index in [9.17, 15) is 4.79 Å². The van der Waals surface area contributed by atoms with Crippen LogP contribution in [-0.2, 0) is 17.6 Å². The van der Waals surface area contributed by atoms with Crippen LogP contribution in [-0.4, -0.2) is 47.5 Å². The van der Waals surface area contributed by atoms with Crippen LogP contribution in [0.4, 0.5) is 5.82 Å². The van der Waals surface area contributed by atoms with Crippen molar-refractivity contribution in [2.24, 2.45) is 5.92 Å². The number of hydrogen-bond acceptors (Lipinski definition) is 5. The van der Waals surface area contributed by atoms with Gasteiger partial charge in [-0.05, 0) is 43.6 Å². The average Bonchev–Trinajstić information content (AvgIpc) is 3.21. The van der Waals surface area contributed by atoms with Gasteiger partial charge in [-0.3, -0.25) is 4.79 Å². The Morgan fingerprint density at radius 1 is 1.38 bits per heavy atom. The molecule has 0 N–H and O–H groups in total. The summed E-state index contributed by atoms with van der Waals surface area (Å²) in [6, 6.07) is 0. The van der Waals surface area contributed by atoms with Crippen molar-refractivity contribution in [2.45, 2.75) is 39.0 Å². The normalized spacial score (nSPS) is 20.4. The van der Waals surface area contributed by atoms with Crippen LogP contribution in [0.1, 0.15) is 36.6 Å². The Kier molecular flexibility index (Phi) is 4.16. The summed E-state index contributed by atoms with van der Waals surface area (Å²) in [6.45, 7) is 4.52. The van der Waals surface area contributed by atoms with Crippen LogP contribution in [0.15, 0.2) is 6.33 Å². The number of nitrogens with zero attached hydrogens (tertiary/aromatic N) is 4. The van der Waals surface area contributed by atoms with Gasteiger partial charge in [-0.15, -0.1) is 11.3 Å². The maximum absolute atomic E-state index is 12.5. The third-order valence-corrected chi connectivity index (χ3v) is 6.43. The maximum Gasteiger partial charge on any atom is 0.242 e. The SMILES string of the molecule is CC1CCc2c(sc3ncnc(N(C)CC(=O)N4CCCC4)c23)C1. The molecule has 2 aliphatic rings. The lowest BCUT2D eigenvalue weighted by Gasteiger charge is -2.23. The number of rotatable bonds is 3. The summed E-state index contributed by atoms with van der Waals surface area (Å²) in [6.07, 6.45) is 7.37. The first kappa shape index (κ1) is 15.8. The van der Waals surface area contributed by atoms with E-state index in [2.05, 4.69) is 16.9 Å². The van der Waals surface area contributed by atoms with Crippen molar-refractivity contribution >= 4 is 33.3 Å². The minimum atomic E-state index is 0.208. The fraction of sp³-hybridized carbons (Fsp3) is 0.611. The largest absolute Gasteiger partial charge is 0.350 e. The lowest BCUT2D eigenvalue weighted by Crippen LogP contribution is -2.37. The average molecular weight is 344 g/mol. The molecule has 1 atom stereocenters. The molecule has 3 heterocycles. The smallest absolute Gasteiger partial charge is 0.242 e. The van der Waals surface area contributed by atoms with Gasteiger partial charge in [0.15, 0.2) is 0 Å². The number of fused-ring (bicyclic) bond motifs is 3. The van der Waals surface area contributed by atoms with E-state index in [1.807, 2.05) is 16.8 Å². The highest BCUT2D eigenvalue weighted by molar-refractivity contribution is 7.19. The van der Waals surface area contributed by atoms with Crippen molar-refractivity contribution in [3.05, 3.63) is 16.8 Å². The Bertz CT molecular complexity index is 766. The molecule has 1 amide bonds. The molecule has 128 valence electrons. The summed E-state index contributed by atoms with van der Waals surface area (Å²) in [5, 5.41) is 1.18. The first-order valence-corrected chi connectivity index (χ1v) is 9.69. The van der Waals surface area contributed by atoms with Crippen LogP contribution < -0.4 is 4.90 Å². The van der Waals surface area contributed by atoms with Gasteiger partial charge >= 0.3 is 0 Å². The van der Waals surface area contributed by atoms with E-state index in [1.165, 1.54) is 22.2 Å². The minimum absolute atomic E-state index is 0.208. The molecule has 0 saturated carbocycles. The molecule has 1 aliphatic carbocycles. The Labute approximate surface area is 146 Å². The highest BCUT2D eigenvalue weighted by Gasteiger charge is 2.25. The lowest BCUT2D eigenvalue weighted by molar-refractivity contribution is -0.128. The molecule has 1 saturated heterocycles. The highest BCUT2D eigenvalue weighted by Crippen LogP contribution is 2.40. The number of likely N-dealkylation sites (N-methyl/N-ethyl adjacent to an activating group) is 1. The van der Waals surface area contributed by atoms with Crippen LogP contribution in [0.25, 0.3) is 10.2 Å². The molecule has 0 bridgehead atoms. The zero-order valence-corrected chi connectivity index (χ0v) is 15.2. The summed E-state index contributed by atoms with van der Waals surface area (Å²) in [5.74, 6) is 1.87. The first-order valence-electron chi connectivity index (χ1n) is 8.87. The molecule has 0 aromatic carbocycles. The Hall–Kier alpha value is -1.69. The molecule has 2 aromatic heterocycles. The quantitative estimate of drug-likeness (QED) is 0.859. The second-order valence-corrected chi connectivity index (χ2v) is 8.26. The summed E-state index contributed by atoms with van der Waals surface area (Å²) < 4.78 is 0. The Morgan fingerprint density at radius 2 is 2.17 bits per heavy atom. The fourth-order valence-electron chi connectivity index (χ4n) is 3.89. The monoisotopic (exact) mass is 344 g/mol. The van der Waals surface area contributed by atoms with Gasteiger partial charge in [0.1, 0.15) is 17.0 Å². The van der Waals surface area contributed by atoms with Crippen molar-refractivity contribution in [3.63, 3.8) is 0 Å². The minimum Gasteiger partial charge on any atom is -0.350 e. The van der Waals surface area contributed by atoms with E-state index in [-0.39, 0.29) is 5.91 Å². The van der Waals surface area contributed by atoms with Gasteiger partial charge in [0.05, 0.1) is 11.9 Å². The first-order chi connectivity index (χ1) is 11.6. The zero-order chi connectivity index (χ0) is 16.7. The Morgan fingerprint density at radius 3 is 2.96 bits per heavy atom. The van der Waals surface area contributed by atoms with E-state index >= 15 is 0 Å². The van der Waals surface area contributed by atoms with Crippen molar-refractivity contribution in [3.8, 4) is 0 Å². The van der Waals surface area contributed by atoms with Crippen LogP contribution >= 0.6 is 11.3 Å². The van der Waals surface area contributed by atoms with Crippen LogP contribution in [0.2, 0.25) is 0 Å². The van der Waals surface area contributed by atoms with Crippen LogP contribution in [0, 0.1) is 5.92 Å². The molecule has 1 fully saturated rings. The van der Waals surface area contributed by atoms with Crippen molar-refractivity contribution < 1.29 is 4.79 Å². The predicted octanol–water partition coefficient (Wildman–Crippen LogP) is 2.87. The van der Waals surface area contributed by atoms with Crippen LogP contribution in [0.5, 0.6) is 0 Å². The number of anilines is 1. The van der Waals surface area contributed by atoms with Crippen molar-refractivity contribution in [1.29, 1.82) is 0 Å². The molecule has 0 radical (unpaired) electrons. The third-order valence-electron chi connectivity index (χ3n) is 5.26. The fourth-order valence-corrected chi connectivity index (χ4v) is 5.24. The topological polar surface area (TPSA) is 49.3 Å². The van der Waals surface area contributed by atoms with E-state index in [4.69, 9.17) is 0 Å². The molecule has 5 nitrogen and oxygen atoms in total. The van der Waals surface area contributed by atoms with E-state index in [0.29, 0.717) is 6.54 Å². The van der Waals surface area contributed by atoms with Gasteiger partial charge in [-0.1, -0.05) is 6.92 Å². The highest BCUT2D eigenvalue weighted by atomic mass is 32.1. The van der Waals surface area contributed by atoms with Gasteiger partial charge in [0.25, 0.3) is 0 Å². The van der Waals surface area contributed by atoms with Crippen molar-refractivity contribution in [2.75, 3.05) is 31.6 Å². The second-order valence-electron chi connectivity index (χ2n) is 7.17. The van der Waals surface area contributed by atoms with Gasteiger partial charge in [-0.25, -0.2) is 9.97 Å². The molecule has 1 unspecified atom stereocenters. The molecular formula is C18H24N4OS. The second kappa shape index (κ2) is 6.31. The molecule has 1 aliphatic heterocycles. The number of carbonyl (C=O) groups excluding carboxylic acids is 1. The molecule has 6 heteroatoms.